The largest absolute Gasteiger partial charge is 0.449 e. The van der Waals surface area contributed by atoms with Gasteiger partial charge in [0.1, 0.15) is 6.61 Å². The third-order valence-electron chi connectivity index (χ3n) is 3.98. The molecule has 1 aliphatic carbocycles. The first-order chi connectivity index (χ1) is 11.3. The summed E-state index contributed by atoms with van der Waals surface area (Å²) in [5.41, 5.74) is 4.81. The molecular weight excluding hydrogens is 290 g/mol. The summed E-state index contributed by atoms with van der Waals surface area (Å²) in [5.74, 6) is 0.0705. The summed E-state index contributed by atoms with van der Waals surface area (Å²) in [4.78, 5) is 11.8. The molecule has 0 spiro atoms. The van der Waals surface area contributed by atoms with E-state index in [9.17, 15) is 4.79 Å². The Morgan fingerprint density at radius 3 is 2.26 bits per heavy atom. The molecule has 23 heavy (non-hydrogen) atoms. The van der Waals surface area contributed by atoms with E-state index in [4.69, 9.17) is 9.84 Å². The fourth-order valence-electron chi connectivity index (χ4n) is 2.95. The predicted octanol–water partition coefficient (Wildman–Crippen LogP) is 3.07. The van der Waals surface area contributed by atoms with Crippen molar-refractivity contribution in [3.8, 4) is 11.1 Å². The number of carbonyl (C=O) groups excluding carboxylic acids is 1. The molecule has 0 bridgehead atoms. The van der Waals surface area contributed by atoms with Gasteiger partial charge in [-0.25, -0.2) is 4.79 Å². The van der Waals surface area contributed by atoms with Gasteiger partial charge in [-0.2, -0.15) is 0 Å². The molecule has 0 aliphatic heterocycles. The van der Waals surface area contributed by atoms with E-state index in [2.05, 4.69) is 29.6 Å². The minimum atomic E-state index is -0.450. The average molecular weight is 309 g/mol. The number of ether oxygens (including phenoxy) is 1. The SMILES string of the molecule is O=C(NC/C=C/CO)OCC1c2ccccc2-c2ccccc21. The fourth-order valence-corrected chi connectivity index (χ4v) is 2.95. The van der Waals surface area contributed by atoms with E-state index in [-0.39, 0.29) is 12.5 Å². The van der Waals surface area contributed by atoms with Gasteiger partial charge in [-0.15, -0.1) is 0 Å². The summed E-state index contributed by atoms with van der Waals surface area (Å²) >= 11 is 0. The maximum Gasteiger partial charge on any atom is 0.407 e. The van der Waals surface area contributed by atoms with Crippen molar-refractivity contribution in [2.24, 2.45) is 0 Å². The molecule has 4 nitrogen and oxygen atoms in total. The predicted molar refractivity (Wildman–Crippen MR) is 89.3 cm³/mol. The fraction of sp³-hybridized carbons (Fsp3) is 0.211. The van der Waals surface area contributed by atoms with Gasteiger partial charge in [-0.3, -0.25) is 0 Å². The maximum atomic E-state index is 11.8. The van der Waals surface area contributed by atoms with Gasteiger partial charge in [0.05, 0.1) is 6.61 Å². The molecule has 1 amide bonds. The van der Waals surface area contributed by atoms with Crippen LogP contribution in [0.25, 0.3) is 11.1 Å². The van der Waals surface area contributed by atoms with Crippen LogP contribution < -0.4 is 5.32 Å². The highest BCUT2D eigenvalue weighted by atomic mass is 16.5. The number of alkyl carbamates (subject to hydrolysis) is 1. The first kappa shape index (κ1) is 15.3. The molecule has 118 valence electrons. The standard InChI is InChI=1S/C19H19NO3/c21-12-6-5-11-20-19(22)23-13-18-16-9-3-1-7-14(16)15-8-2-4-10-17(15)18/h1-10,18,21H,11-13H2,(H,20,22)/b6-5+. The number of benzene rings is 2. The zero-order chi connectivity index (χ0) is 16.1. The third-order valence-corrected chi connectivity index (χ3v) is 3.98. The quantitative estimate of drug-likeness (QED) is 0.835. The molecule has 2 aromatic rings. The zero-order valence-corrected chi connectivity index (χ0v) is 12.7. The molecular formula is C19H19NO3. The van der Waals surface area contributed by atoms with Crippen molar-refractivity contribution in [3.05, 3.63) is 71.8 Å². The van der Waals surface area contributed by atoms with E-state index in [0.29, 0.717) is 13.2 Å². The lowest BCUT2D eigenvalue weighted by molar-refractivity contribution is 0.144. The number of nitrogens with one attached hydrogen (secondary N) is 1. The molecule has 4 heteroatoms. The van der Waals surface area contributed by atoms with Crippen LogP contribution in [0.4, 0.5) is 4.79 Å². The lowest BCUT2D eigenvalue weighted by atomic mass is 9.98. The Balaban J connectivity index is 1.69. The average Bonchev–Trinajstić information content (AvgIpc) is 2.91. The number of fused-ring (bicyclic) bond motifs is 3. The Labute approximate surface area is 135 Å². The van der Waals surface area contributed by atoms with Crippen LogP contribution in [-0.2, 0) is 4.74 Å². The Hall–Kier alpha value is -2.59. The number of hydrogen-bond acceptors (Lipinski definition) is 3. The van der Waals surface area contributed by atoms with Crippen molar-refractivity contribution in [3.63, 3.8) is 0 Å². The maximum absolute atomic E-state index is 11.8. The van der Waals surface area contributed by atoms with Crippen LogP contribution in [0.3, 0.4) is 0 Å². The number of carbonyl (C=O) groups is 1. The summed E-state index contributed by atoms with van der Waals surface area (Å²) in [6.45, 7) is 0.618. The Kier molecular flexibility index (Phi) is 4.74. The lowest BCUT2D eigenvalue weighted by Gasteiger charge is -2.14. The van der Waals surface area contributed by atoms with Gasteiger partial charge < -0.3 is 15.2 Å². The molecule has 0 heterocycles. The van der Waals surface area contributed by atoms with Gasteiger partial charge in [0.2, 0.25) is 0 Å². The number of aliphatic hydroxyl groups is 1. The van der Waals surface area contributed by atoms with E-state index in [1.807, 2.05) is 24.3 Å². The highest BCUT2D eigenvalue weighted by Crippen LogP contribution is 2.44. The molecule has 0 fully saturated rings. The van der Waals surface area contributed by atoms with Crippen LogP contribution >= 0.6 is 0 Å². The molecule has 0 aromatic heterocycles. The van der Waals surface area contributed by atoms with E-state index in [1.165, 1.54) is 22.3 Å². The molecule has 2 N–H and O–H groups in total. The molecule has 0 radical (unpaired) electrons. The minimum absolute atomic E-state index is 0.0353. The Morgan fingerprint density at radius 2 is 1.65 bits per heavy atom. The van der Waals surface area contributed by atoms with Crippen molar-refractivity contribution < 1.29 is 14.6 Å². The summed E-state index contributed by atoms with van der Waals surface area (Å²) in [6.07, 6.45) is 2.81. The van der Waals surface area contributed by atoms with E-state index in [1.54, 1.807) is 12.2 Å². The molecule has 0 atom stereocenters. The Morgan fingerprint density at radius 1 is 1.04 bits per heavy atom. The first-order valence-electron chi connectivity index (χ1n) is 7.66. The van der Waals surface area contributed by atoms with Crippen molar-refractivity contribution in [1.29, 1.82) is 0 Å². The minimum Gasteiger partial charge on any atom is -0.449 e. The normalized spacial score (nSPS) is 12.9. The van der Waals surface area contributed by atoms with Gasteiger partial charge in [-0.1, -0.05) is 60.7 Å². The van der Waals surface area contributed by atoms with Crippen LogP contribution in [0.2, 0.25) is 0 Å². The monoisotopic (exact) mass is 309 g/mol. The van der Waals surface area contributed by atoms with Gasteiger partial charge in [0, 0.05) is 12.5 Å². The second-order valence-electron chi connectivity index (χ2n) is 5.36. The highest BCUT2D eigenvalue weighted by Gasteiger charge is 2.28. The number of hydrogen-bond donors (Lipinski definition) is 2. The smallest absolute Gasteiger partial charge is 0.407 e. The van der Waals surface area contributed by atoms with Crippen molar-refractivity contribution in [2.75, 3.05) is 19.8 Å². The second kappa shape index (κ2) is 7.11. The topological polar surface area (TPSA) is 58.6 Å². The van der Waals surface area contributed by atoms with Crippen molar-refractivity contribution in [2.45, 2.75) is 5.92 Å². The number of amides is 1. The van der Waals surface area contributed by atoms with E-state index < -0.39 is 6.09 Å². The van der Waals surface area contributed by atoms with Crippen LogP contribution in [0.5, 0.6) is 0 Å². The molecule has 0 saturated heterocycles. The molecule has 1 aliphatic rings. The van der Waals surface area contributed by atoms with Gasteiger partial charge >= 0.3 is 6.09 Å². The van der Waals surface area contributed by atoms with Gasteiger partial charge in [-0.05, 0) is 22.3 Å². The summed E-state index contributed by atoms with van der Waals surface area (Å²) in [7, 11) is 0. The summed E-state index contributed by atoms with van der Waals surface area (Å²) < 4.78 is 5.37. The third kappa shape index (κ3) is 3.27. The summed E-state index contributed by atoms with van der Waals surface area (Å²) in [5, 5.41) is 11.3. The second-order valence-corrected chi connectivity index (χ2v) is 5.36. The zero-order valence-electron chi connectivity index (χ0n) is 12.7. The van der Waals surface area contributed by atoms with Crippen LogP contribution in [0.15, 0.2) is 60.7 Å². The highest BCUT2D eigenvalue weighted by molar-refractivity contribution is 5.79. The van der Waals surface area contributed by atoms with Crippen LogP contribution in [0.1, 0.15) is 17.0 Å². The van der Waals surface area contributed by atoms with Crippen molar-refractivity contribution >= 4 is 6.09 Å². The number of aliphatic hydroxyl groups excluding tert-OH is 1. The molecule has 2 aromatic carbocycles. The van der Waals surface area contributed by atoms with Crippen molar-refractivity contribution in [1.82, 2.24) is 5.32 Å². The Bertz CT molecular complexity index is 679. The van der Waals surface area contributed by atoms with Gasteiger partial charge in [0.15, 0.2) is 0 Å². The van der Waals surface area contributed by atoms with Crippen LogP contribution in [0, 0.1) is 0 Å². The van der Waals surface area contributed by atoms with E-state index in [0.717, 1.165) is 0 Å². The van der Waals surface area contributed by atoms with Gasteiger partial charge in [0.25, 0.3) is 0 Å². The molecule has 3 rings (SSSR count). The molecule has 0 unspecified atom stereocenters. The van der Waals surface area contributed by atoms with Crippen LogP contribution in [-0.4, -0.2) is 31.0 Å². The summed E-state index contributed by atoms with van der Waals surface area (Å²) in [6, 6.07) is 16.5. The number of rotatable bonds is 5. The van der Waals surface area contributed by atoms with E-state index >= 15 is 0 Å². The first-order valence-corrected chi connectivity index (χ1v) is 7.66. The molecule has 0 saturated carbocycles. The lowest BCUT2D eigenvalue weighted by Crippen LogP contribution is -2.26.